The van der Waals surface area contributed by atoms with Gasteiger partial charge in [-0.05, 0) is 56.7 Å². The number of nitrogens with zero attached hydrogens (tertiary/aromatic N) is 2. The second-order valence-corrected chi connectivity index (χ2v) is 8.17. The van der Waals surface area contributed by atoms with Crippen LogP contribution in [-0.4, -0.2) is 67.2 Å². The molecular formula is C25H31FN2O5. The molecule has 1 fully saturated rings. The van der Waals surface area contributed by atoms with Crippen molar-refractivity contribution >= 4 is 11.9 Å². The van der Waals surface area contributed by atoms with E-state index in [9.17, 15) is 14.0 Å². The van der Waals surface area contributed by atoms with E-state index in [0.29, 0.717) is 36.7 Å². The lowest BCUT2D eigenvalue weighted by atomic mass is 10.1. The Bertz CT molecular complexity index is 966. The van der Waals surface area contributed by atoms with E-state index in [1.54, 1.807) is 31.2 Å². The molecule has 33 heavy (non-hydrogen) atoms. The van der Waals surface area contributed by atoms with Gasteiger partial charge in [-0.2, -0.15) is 0 Å². The molecule has 178 valence electrons. The number of carbonyl (C=O) groups excluding carboxylic acids is 2. The van der Waals surface area contributed by atoms with Gasteiger partial charge >= 0.3 is 5.97 Å². The summed E-state index contributed by atoms with van der Waals surface area (Å²) < 4.78 is 29.2. The van der Waals surface area contributed by atoms with Gasteiger partial charge in [0.05, 0.1) is 19.3 Å². The van der Waals surface area contributed by atoms with Gasteiger partial charge in [0, 0.05) is 31.7 Å². The summed E-state index contributed by atoms with van der Waals surface area (Å²) in [6.45, 7) is 7.96. The molecule has 7 nitrogen and oxygen atoms in total. The lowest BCUT2D eigenvalue weighted by Crippen LogP contribution is -2.58. The van der Waals surface area contributed by atoms with Crippen LogP contribution in [0.3, 0.4) is 0 Å². The maximum Gasteiger partial charge on any atom is 0.338 e. The van der Waals surface area contributed by atoms with Crippen molar-refractivity contribution in [2.75, 3.05) is 33.4 Å². The summed E-state index contributed by atoms with van der Waals surface area (Å²) in [5.41, 5.74) is 1.39. The highest BCUT2D eigenvalue weighted by molar-refractivity contribution is 5.90. The normalized spacial score (nSPS) is 18.6. The van der Waals surface area contributed by atoms with Gasteiger partial charge in [0.2, 0.25) is 0 Å². The van der Waals surface area contributed by atoms with E-state index >= 15 is 0 Å². The van der Waals surface area contributed by atoms with Crippen LogP contribution in [0.2, 0.25) is 0 Å². The van der Waals surface area contributed by atoms with Crippen molar-refractivity contribution in [2.24, 2.45) is 0 Å². The first-order valence-electron chi connectivity index (χ1n) is 11.1. The number of esters is 1. The number of piperazine rings is 1. The number of rotatable bonds is 8. The first-order valence-corrected chi connectivity index (χ1v) is 11.1. The number of amides is 1. The third kappa shape index (κ3) is 6.22. The fraction of sp³-hybridized carbons (Fsp3) is 0.440. The van der Waals surface area contributed by atoms with E-state index in [0.717, 1.165) is 5.56 Å². The number of methoxy groups -OCH3 is 1. The molecule has 0 spiro atoms. The summed E-state index contributed by atoms with van der Waals surface area (Å²) in [5, 5.41) is 0. The molecule has 2 aromatic carbocycles. The molecule has 2 atom stereocenters. The Morgan fingerprint density at radius 3 is 2.42 bits per heavy atom. The molecule has 8 heteroatoms. The Morgan fingerprint density at radius 2 is 1.76 bits per heavy atom. The van der Waals surface area contributed by atoms with Crippen molar-refractivity contribution in [3.63, 3.8) is 0 Å². The average molecular weight is 459 g/mol. The van der Waals surface area contributed by atoms with E-state index in [2.05, 4.69) is 11.8 Å². The summed E-state index contributed by atoms with van der Waals surface area (Å²) in [4.78, 5) is 29.0. The second-order valence-electron chi connectivity index (χ2n) is 8.17. The maximum absolute atomic E-state index is 13.2. The van der Waals surface area contributed by atoms with Crippen LogP contribution in [0.4, 0.5) is 4.39 Å². The van der Waals surface area contributed by atoms with Crippen LogP contribution in [0.15, 0.2) is 42.5 Å². The molecule has 0 radical (unpaired) electrons. The molecule has 1 aliphatic heterocycles. The fourth-order valence-electron chi connectivity index (χ4n) is 3.94. The standard InChI is InChI=1S/C25H31FN2O5/c1-5-32-25(30)20-8-11-22(23(12-20)31-4)33-16-24(29)28-14-17(2)27(13-18(28)3)15-19-6-9-21(26)10-7-19/h6-12,17-18H,5,13-16H2,1-4H3. The molecule has 1 aliphatic rings. The van der Waals surface area contributed by atoms with Crippen molar-refractivity contribution in [3.8, 4) is 11.5 Å². The number of hydrogen-bond acceptors (Lipinski definition) is 6. The van der Waals surface area contributed by atoms with Crippen molar-refractivity contribution < 1.29 is 28.2 Å². The van der Waals surface area contributed by atoms with Crippen LogP contribution in [0, 0.1) is 5.82 Å². The minimum absolute atomic E-state index is 0.00540. The third-order valence-corrected chi connectivity index (χ3v) is 5.76. The Hall–Kier alpha value is -3.13. The van der Waals surface area contributed by atoms with Gasteiger partial charge < -0.3 is 19.1 Å². The number of hydrogen-bond donors (Lipinski definition) is 0. The summed E-state index contributed by atoms with van der Waals surface area (Å²) in [6.07, 6.45) is 0. The number of ether oxygens (including phenoxy) is 3. The molecule has 0 aliphatic carbocycles. The largest absolute Gasteiger partial charge is 0.493 e. The Kier molecular flexibility index (Phi) is 8.27. The van der Waals surface area contributed by atoms with Crippen LogP contribution in [0.1, 0.15) is 36.7 Å². The highest BCUT2D eigenvalue weighted by Crippen LogP contribution is 2.29. The van der Waals surface area contributed by atoms with Crippen molar-refractivity contribution in [1.29, 1.82) is 0 Å². The first-order chi connectivity index (χ1) is 15.8. The second kappa shape index (κ2) is 11.1. The third-order valence-electron chi connectivity index (χ3n) is 5.76. The van der Waals surface area contributed by atoms with E-state index in [4.69, 9.17) is 14.2 Å². The Morgan fingerprint density at radius 1 is 1.03 bits per heavy atom. The molecule has 2 unspecified atom stereocenters. The van der Waals surface area contributed by atoms with Gasteiger partial charge in [0.15, 0.2) is 18.1 Å². The zero-order valence-corrected chi connectivity index (χ0v) is 19.5. The van der Waals surface area contributed by atoms with Gasteiger partial charge in [-0.3, -0.25) is 9.69 Å². The predicted molar refractivity (Wildman–Crippen MR) is 122 cm³/mol. The molecule has 1 heterocycles. The highest BCUT2D eigenvalue weighted by Gasteiger charge is 2.32. The van der Waals surface area contributed by atoms with E-state index in [1.807, 2.05) is 11.8 Å². The number of benzene rings is 2. The van der Waals surface area contributed by atoms with Gasteiger partial charge in [-0.1, -0.05) is 12.1 Å². The summed E-state index contributed by atoms with van der Waals surface area (Å²) in [6, 6.07) is 11.4. The zero-order chi connectivity index (χ0) is 24.0. The van der Waals surface area contributed by atoms with Gasteiger partial charge in [0.1, 0.15) is 5.82 Å². The molecule has 0 saturated carbocycles. The van der Waals surface area contributed by atoms with Gasteiger partial charge in [0.25, 0.3) is 5.91 Å². The quantitative estimate of drug-likeness (QED) is 0.564. The Balaban J connectivity index is 1.58. The molecule has 1 saturated heterocycles. The van der Waals surface area contributed by atoms with Gasteiger partial charge in [-0.25, -0.2) is 9.18 Å². The van der Waals surface area contributed by atoms with Crippen molar-refractivity contribution in [1.82, 2.24) is 9.80 Å². The number of halogens is 1. The molecule has 1 amide bonds. The molecule has 0 aromatic heterocycles. The van der Waals surface area contributed by atoms with Crippen LogP contribution in [0.25, 0.3) is 0 Å². The predicted octanol–water partition coefficient (Wildman–Crippen LogP) is 3.51. The van der Waals surface area contributed by atoms with Crippen LogP contribution in [0.5, 0.6) is 11.5 Å². The van der Waals surface area contributed by atoms with E-state index in [1.165, 1.54) is 25.3 Å². The van der Waals surface area contributed by atoms with Crippen molar-refractivity contribution in [2.45, 2.75) is 39.4 Å². The molecule has 0 N–H and O–H groups in total. The Labute approximate surface area is 194 Å². The van der Waals surface area contributed by atoms with Crippen LogP contribution in [-0.2, 0) is 16.1 Å². The van der Waals surface area contributed by atoms with Crippen molar-refractivity contribution in [3.05, 3.63) is 59.4 Å². The molecule has 3 rings (SSSR count). The summed E-state index contributed by atoms with van der Waals surface area (Å²) >= 11 is 0. The van der Waals surface area contributed by atoms with E-state index < -0.39 is 5.97 Å². The van der Waals surface area contributed by atoms with E-state index in [-0.39, 0.29) is 37.0 Å². The zero-order valence-electron chi connectivity index (χ0n) is 19.5. The van der Waals surface area contributed by atoms with Crippen LogP contribution >= 0.6 is 0 Å². The average Bonchev–Trinajstić information content (AvgIpc) is 2.81. The fourth-order valence-corrected chi connectivity index (χ4v) is 3.94. The SMILES string of the molecule is CCOC(=O)c1ccc(OCC(=O)N2CC(C)N(Cc3ccc(F)cc3)CC2C)c(OC)c1. The number of carbonyl (C=O) groups is 2. The molecular weight excluding hydrogens is 427 g/mol. The smallest absolute Gasteiger partial charge is 0.338 e. The minimum Gasteiger partial charge on any atom is -0.493 e. The topological polar surface area (TPSA) is 68.3 Å². The first kappa shape index (κ1) is 24.5. The summed E-state index contributed by atoms with van der Waals surface area (Å²) in [7, 11) is 1.48. The monoisotopic (exact) mass is 458 g/mol. The van der Waals surface area contributed by atoms with Crippen LogP contribution < -0.4 is 9.47 Å². The maximum atomic E-state index is 13.2. The summed E-state index contributed by atoms with van der Waals surface area (Å²) in [5.74, 6) is -0.0665. The highest BCUT2D eigenvalue weighted by atomic mass is 19.1. The molecule has 2 aromatic rings. The molecule has 0 bridgehead atoms. The lowest BCUT2D eigenvalue weighted by molar-refractivity contribution is -0.139. The lowest BCUT2D eigenvalue weighted by Gasteiger charge is -2.44. The minimum atomic E-state index is -0.445. The van der Waals surface area contributed by atoms with Gasteiger partial charge in [-0.15, -0.1) is 0 Å².